The van der Waals surface area contributed by atoms with Crippen molar-refractivity contribution in [1.82, 2.24) is 29.4 Å². The van der Waals surface area contributed by atoms with Crippen LogP contribution in [0.4, 0.5) is 0 Å². The van der Waals surface area contributed by atoms with Gasteiger partial charge in [0.25, 0.3) is 11.7 Å². The topological polar surface area (TPSA) is 66.6 Å². The predicted molar refractivity (Wildman–Crippen MR) is 75.7 cm³/mol. The van der Waals surface area contributed by atoms with E-state index >= 15 is 0 Å². The molecule has 2 rings (SSSR count). The lowest BCUT2D eigenvalue weighted by Crippen LogP contribution is -2.37. The summed E-state index contributed by atoms with van der Waals surface area (Å²) in [6, 6.07) is 1.84. The van der Waals surface area contributed by atoms with Gasteiger partial charge in [0.05, 0.1) is 0 Å². The molecule has 2 aromatic heterocycles. The molecule has 2 aromatic rings. The summed E-state index contributed by atoms with van der Waals surface area (Å²) in [6.07, 6.45) is 1.78. The highest BCUT2D eigenvalue weighted by molar-refractivity contribution is 5.91. The molecule has 20 heavy (non-hydrogen) atoms. The van der Waals surface area contributed by atoms with E-state index in [9.17, 15) is 4.79 Å². The normalized spacial score (nSPS) is 11.2. The van der Waals surface area contributed by atoms with Crippen molar-refractivity contribution in [1.29, 1.82) is 0 Å². The molecule has 0 aliphatic rings. The van der Waals surface area contributed by atoms with Crippen LogP contribution in [0, 0.1) is 6.92 Å². The molecule has 0 aliphatic heterocycles. The minimum atomic E-state index is -0.118. The number of aryl methyl sites for hydroxylation is 1. The lowest BCUT2D eigenvalue weighted by Gasteiger charge is -2.21. The van der Waals surface area contributed by atoms with Crippen LogP contribution < -0.4 is 0 Å². The Morgan fingerprint density at radius 3 is 2.70 bits per heavy atom. The van der Waals surface area contributed by atoms with Gasteiger partial charge in [0, 0.05) is 31.5 Å². The van der Waals surface area contributed by atoms with Gasteiger partial charge in [-0.3, -0.25) is 9.20 Å². The molecule has 0 atom stereocenters. The van der Waals surface area contributed by atoms with Gasteiger partial charge in [-0.2, -0.15) is 0 Å². The minimum Gasteiger partial charge on any atom is -0.335 e. The second kappa shape index (κ2) is 5.96. The molecule has 0 radical (unpaired) electrons. The van der Waals surface area contributed by atoms with Crippen LogP contribution in [0.1, 0.15) is 23.2 Å². The number of hydrogen-bond acceptors (Lipinski definition) is 5. The fourth-order valence-electron chi connectivity index (χ4n) is 1.89. The number of carbonyl (C=O) groups excluding carboxylic acids is 1. The van der Waals surface area contributed by atoms with Crippen molar-refractivity contribution in [3.05, 3.63) is 23.8 Å². The second-order valence-corrected chi connectivity index (χ2v) is 4.95. The van der Waals surface area contributed by atoms with Crippen molar-refractivity contribution >= 4 is 11.7 Å². The Kier molecular flexibility index (Phi) is 4.29. The molecule has 108 valence electrons. The molecule has 0 saturated carbocycles. The largest absolute Gasteiger partial charge is 0.335 e. The molecule has 0 spiro atoms. The fourth-order valence-corrected chi connectivity index (χ4v) is 1.89. The first-order valence-electron chi connectivity index (χ1n) is 6.65. The summed E-state index contributed by atoms with van der Waals surface area (Å²) in [5.41, 5.74) is 0.851. The van der Waals surface area contributed by atoms with Crippen molar-refractivity contribution in [2.24, 2.45) is 0 Å². The molecule has 0 bridgehead atoms. The Hall–Kier alpha value is -2.02. The van der Waals surface area contributed by atoms with Gasteiger partial charge in [-0.25, -0.2) is 4.98 Å². The quantitative estimate of drug-likeness (QED) is 0.793. The highest BCUT2D eigenvalue weighted by Gasteiger charge is 2.20. The number of aromatic nitrogens is 4. The Bertz CT molecular complexity index is 606. The molecule has 7 nitrogen and oxygen atoms in total. The van der Waals surface area contributed by atoms with E-state index in [1.54, 1.807) is 15.5 Å². The van der Waals surface area contributed by atoms with Crippen molar-refractivity contribution < 1.29 is 4.79 Å². The van der Waals surface area contributed by atoms with Gasteiger partial charge in [-0.15, -0.1) is 10.2 Å². The molecule has 1 amide bonds. The monoisotopic (exact) mass is 276 g/mol. The van der Waals surface area contributed by atoms with E-state index in [4.69, 9.17) is 0 Å². The molecule has 0 aromatic carbocycles. The maximum absolute atomic E-state index is 12.5. The van der Waals surface area contributed by atoms with E-state index in [2.05, 4.69) is 15.2 Å². The molecule has 0 saturated heterocycles. The van der Waals surface area contributed by atoms with Gasteiger partial charge in [0.15, 0.2) is 0 Å². The van der Waals surface area contributed by atoms with E-state index in [0.717, 1.165) is 12.2 Å². The average Bonchev–Trinajstić information content (AvgIpc) is 2.81. The van der Waals surface area contributed by atoms with Crippen molar-refractivity contribution in [2.75, 3.05) is 33.7 Å². The Morgan fingerprint density at radius 1 is 1.30 bits per heavy atom. The molecule has 0 N–H and O–H groups in total. The first-order chi connectivity index (χ1) is 9.52. The van der Waals surface area contributed by atoms with E-state index in [1.807, 2.05) is 38.9 Å². The average molecular weight is 276 g/mol. The SMILES string of the molecule is CCN(CCN(C)C)C(=O)c1nnc2nc(C)ccn12. The van der Waals surface area contributed by atoms with Gasteiger partial charge in [0.2, 0.25) is 5.82 Å². The van der Waals surface area contributed by atoms with Crippen LogP contribution in [0.3, 0.4) is 0 Å². The lowest BCUT2D eigenvalue weighted by molar-refractivity contribution is 0.0740. The van der Waals surface area contributed by atoms with Crippen LogP contribution in [0.25, 0.3) is 5.78 Å². The van der Waals surface area contributed by atoms with Gasteiger partial charge >= 0.3 is 0 Å². The first-order valence-corrected chi connectivity index (χ1v) is 6.65. The summed E-state index contributed by atoms with van der Waals surface area (Å²) in [7, 11) is 3.97. The van der Waals surface area contributed by atoms with Gasteiger partial charge < -0.3 is 9.80 Å². The van der Waals surface area contributed by atoms with Crippen LogP contribution in [-0.2, 0) is 0 Å². The van der Waals surface area contributed by atoms with Crippen LogP contribution in [0.15, 0.2) is 12.3 Å². The van der Waals surface area contributed by atoms with Crippen molar-refractivity contribution in [3.8, 4) is 0 Å². The third kappa shape index (κ3) is 2.93. The van der Waals surface area contributed by atoms with Gasteiger partial charge in [-0.05, 0) is 34.0 Å². The van der Waals surface area contributed by atoms with Gasteiger partial charge in [0.1, 0.15) is 0 Å². The maximum Gasteiger partial charge on any atom is 0.292 e. The Labute approximate surface area is 118 Å². The van der Waals surface area contributed by atoms with Crippen LogP contribution in [-0.4, -0.2) is 69.0 Å². The van der Waals surface area contributed by atoms with Gasteiger partial charge in [-0.1, -0.05) is 0 Å². The summed E-state index contributed by atoms with van der Waals surface area (Å²) in [4.78, 5) is 20.6. The highest BCUT2D eigenvalue weighted by atomic mass is 16.2. The van der Waals surface area contributed by atoms with E-state index in [0.29, 0.717) is 24.7 Å². The highest BCUT2D eigenvalue weighted by Crippen LogP contribution is 2.06. The fraction of sp³-hybridized carbons (Fsp3) is 0.538. The molecular formula is C13H20N6O. The summed E-state index contributed by atoms with van der Waals surface area (Å²) in [5.74, 6) is 0.651. The zero-order valence-electron chi connectivity index (χ0n) is 12.4. The van der Waals surface area contributed by atoms with Crippen LogP contribution in [0.2, 0.25) is 0 Å². The van der Waals surface area contributed by atoms with E-state index in [1.165, 1.54) is 0 Å². The molecule has 7 heteroatoms. The number of nitrogens with zero attached hydrogens (tertiary/aromatic N) is 6. The zero-order chi connectivity index (χ0) is 14.7. The number of likely N-dealkylation sites (N-methyl/N-ethyl adjacent to an activating group) is 2. The Morgan fingerprint density at radius 2 is 2.05 bits per heavy atom. The number of amides is 1. The third-order valence-electron chi connectivity index (χ3n) is 3.10. The lowest BCUT2D eigenvalue weighted by atomic mass is 10.4. The molecular weight excluding hydrogens is 256 g/mol. The van der Waals surface area contributed by atoms with Crippen molar-refractivity contribution in [3.63, 3.8) is 0 Å². The summed E-state index contributed by atoms with van der Waals surface area (Å²) in [5, 5.41) is 7.93. The van der Waals surface area contributed by atoms with E-state index in [-0.39, 0.29) is 5.91 Å². The number of rotatable bonds is 5. The first kappa shape index (κ1) is 14.4. The number of hydrogen-bond donors (Lipinski definition) is 0. The maximum atomic E-state index is 12.5. The number of carbonyl (C=O) groups is 1. The van der Waals surface area contributed by atoms with Crippen molar-refractivity contribution in [2.45, 2.75) is 13.8 Å². The summed E-state index contributed by atoms with van der Waals surface area (Å²) < 4.78 is 1.63. The summed E-state index contributed by atoms with van der Waals surface area (Å²) >= 11 is 0. The molecule has 0 unspecified atom stereocenters. The van der Waals surface area contributed by atoms with E-state index < -0.39 is 0 Å². The third-order valence-corrected chi connectivity index (χ3v) is 3.10. The predicted octanol–water partition coefficient (Wildman–Crippen LogP) is 0.456. The smallest absolute Gasteiger partial charge is 0.292 e. The zero-order valence-corrected chi connectivity index (χ0v) is 12.4. The second-order valence-electron chi connectivity index (χ2n) is 4.95. The Balaban J connectivity index is 2.25. The van der Waals surface area contributed by atoms with Crippen LogP contribution >= 0.6 is 0 Å². The minimum absolute atomic E-state index is 0.118. The van der Waals surface area contributed by atoms with Crippen LogP contribution in [0.5, 0.6) is 0 Å². The molecule has 0 aliphatic carbocycles. The standard InChI is InChI=1S/C13H20N6O/c1-5-18(9-8-17(3)4)12(20)11-15-16-13-14-10(2)6-7-19(11)13/h6-7H,5,8-9H2,1-4H3. The number of fused-ring (bicyclic) bond motifs is 1. The molecule has 2 heterocycles. The molecule has 0 fully saturated rings. The summed E-state index contributed by atoms with van der Waals surface area (Å²) in [6.45, 7) is 5.95.